The maximum Gasteiger partial charge on any atom is 0.334 e. The molecular formula is C12H14O4S. The van der Waals surface area contributed by atoms with Gasteiger partial charge in [0.2, 0.25) is 0 Å². The number of rotatable bonds is 4. The van der Waals surface area contributed by atoms with Crippen LogP contribution in [0.15, 0.2) is 46.2 Å². The Kier molecular flexibility index (Phi) is 4.45. The van der Waals surface area contributed by atoms with Gasteiger partial charge < -0.3 is 4.74 Å². The van der Waals surface area contributed by atoms with Crippen molar-refractivity contribution in [3.8, 4) is 0 Å². The summed E-state index contributed by atoms with van der Waals surface area (Å²) in [7, 11) is -3.59. The summed E-state index contributed by atoms with van der Waals surface area (Å²) in [4.78, 5) is 11.5. The Bertz CT molecular complexity index is 515. The minimum absolute atomic E-state index is 0.0655. The number of hydrogen-bond acceptors (Lipinski definition) is 4. The van der Waals surface area contributed by atoms with Crippen LogP contribution < -0.4 is 0 Å². The largest absolute Gasteiger partial charge is 0.463 e. The van der Waals surface area contributed by atoms with Crippen LogP contribution in [0, 0.1) is 0 Å². The molecule has 0 aliphatic carbocycles. The summed E-state index contributed by atoms with van der Waals surface area (Å²) >= 11 is 0. The molecule has 0 saturated heterocycles. The van der Waals surface area contributed by atoms with E-state index in [4.69, 9.17) is 4.74 Å². The standard InChI is InChI=1S/C12H14O4S/c1-3-16-12(13)10(2)9-17(14,15)11-7-5-4-6-8-11/h4-9H,3H2,1-2H3. The maximum absolute atomic E-state index is 11.9. The van der Waals surface area contributed by atoms with Gasteiger partial charge in [-0.3, -0.25) is 0 Å². The Morgan fingerprint density at radius 1 is 1.29 bits per heavy atom. The number of carbonyl (C=O) groups is 1. The Balaban J connectivity index is 3.02. The predicted octanol–water partition coefficient (Wildman–Crippen LogP) is 1.93. The number of carbonyl (C=O) groups excluding carboxylic acids is 1. The first-order chi connectivity index (χ1) is 7.97. The van der Waals surface area contributed by atoms with Crippen molar-refractivity contribution >= 4 is 15.8 Å². The molecule has 92 valence electrons. The Labute approximate surface area is 101 Å². The zero-order valence-corrected chi connectivity index (χ0v) is 10.5. The first-order valence-electron chi connectivity index (χ1n) is 5.13. The number of benzene rings is 1. The van der Waals surface area contributed by atoms with Gasteiger partial charge in [0.15, 0.2) is 9.84 Å². The quantitative estimate of drug-likeness (QED) is 0.608. The predicted molar refractivity (Wildman–Crippen MR) is 64.0 cm³/mol. The molecule has 17 heavy (non-hydrogen) atoms. The highest BCUT2D eigenvalue weighted by Gasteiger charge is 2.14. The third-order valence-electron chi connectivity index (χ3n) is 2.00. The fourth-order valence-corrected chi connectivity index (χ4v) is 2.44. The van der Waals surface area contributed by atoms with Gasteiger partial charge in [-0.1, -0.05) is 18.2 Å². The molecule has 0 spiro atoms. The lowest BCUT2D eigenvalue weighted by Gasteiger charge is -2.02. The molecule has 0 saturated carbocycles. The molecule has 0 atom stereocenters. The van der Waals surface area contributed by atoms with E-state index < -0.39 is 15.8 Å². The van der Waals surface area contributed by atoms with Gasteiger partial charge in [-0.2, -0.15) is 0 Å². The molecule has 0 amide bonds. The van der Waals surface area contributed by atoms with E-state index in [-0.39, 0.29) is 17.1 Å². The molecule has 1 aromatic rings. The van der Waals surface area contributed by atoms with E-state index in [1.807, 2.05) is 0 Å². The highest BCUT2D eigenvalue weighted by molar-refractivity contribution is 7.94. The van der Waals surface area contributed by atoms with Gasteiger partial charge in [0.05, 0.1) is 11.5 Å². The van der Waals surface area contributed by atoms with Crippen LogP contribution in [0.3, 0.4) is 0 Å². The van der Waals surface area contributed by atoms with Crippen LogP contribution in [-0.2, 0) is 19.4 Å². The normalized spacial score (nSPS) is 12.2. The number of ether oxygens (including phenoxy) is 1. The van der Waals surface area contributed by atoms with Gasteiger partial charge in [0, 0.05) is 11.0 Å². The molecule has 0 heterocycles. The summed E-state index contributed by atoms with van der Waals surface area (Å²) < 4.78 is 28.4. The van der Waals surface area contributed by atoms with Gasteiger partial charge >= 0.3 is 5.97 Å². The molecule has 0 aliphatic rings. The Morgan fingerprint density at radius 2 is 1.88 bits per heavy atom. The van der Waals surface area contributed by atoms with Crippen molar-refractivity contribution in [2.24, 2.45) is 0 Å². The average Bonchev–Trinajstić information content (AvgIpc) is 2.30. The smallest absolute Gasteiger partial charge is 0.334 e. The lowest BCUT2D eigenvalue weighted by Crippen LogP contribution is -2.07. The monoisotopic (exact) mass is 254 g/mol. The Hall–Kier alpha value is -1.62. The zero-order valence-electron chi connectivity index (χ0n) is 9.71. The molecule has 0 N–H and O–H groups in total. The van der Waals surface area contributed by atoms with Crippen molar-refractivity contribution in [3.05, 3.63) is 41.3 Å². The van der Waals surface area contributed by atoms with Crippen LogP contribution in [0.25, 0.3) is 0 Å². The first-order valence-corrected chi connectivity index (χ1v) is 6.67. The topological polar surface area (TPSA) is 60.4 Å². The molecule has 0 fully saturated rings. The van der Waals surface area contributed by atoms with Crippen molar-refractivity contribution in [1.82, 2.24) is 0 Å². The van der Waals surface area contributed by atoms with Gasteiger partial charge in [0.25, 0.3) is 0 Å². The van der Waals surface area contributed by atoms with Gasteiger partial charge in [-0.15, -0.1) is 0 Å². The van der Waals surface area contributed by atoms with E-state index in [1.54, 1.807) is 25.1 Å². The van der Waals surface area contributed by atoms with Crippen molar-refractivity contribution in [2.75, 3.05) is 6.61 Å². The van der Waals surface area contributed by atoms with Gasteiger partial charge in [0.1, 0.15) is 0 Å². The fourth-order valence-electron chi connectivity index (χ4n) is 1.20. The van der Waals surface area contributed by atoms with Crippen molar-refractivity contribution in [1.29, 1.82) is 0 Å². The summed E-state index contributed by atoms with van der Waals surface area (Å²) in [6.07, 6.45) is 0. The summed E-state index contributed by atoms with van der Waals surface area (Å²) in [6.45, 7) is 3.30. The average molecular weight is 254 g/mol. The summed E-state index contributed by atoms with van der Waals surface area (Å²) in [6, 6.07) is 7.93. The van der Waals surface area contributed by atoms with Crippen LogP contribution in [-0.4, -0.2) is 21.0 Å². The maximum atomic E-state index is 11.9. The van der Waals surface area contributed by atoms with E-state index in [2.05, 4.69) is 0 Å². The molecule has 4 nitrogen and oxygen atoms in total. The third kappa shape index (κ3) is 3.71. The summed E-state index contributed by atoms with van der Waals surface area (Å²) in [5.74, 6) is -0.619. The first kappa shape index (κ1) is 13.4. The van der Waals surface area contributed by atoms with E-state index in [1.165, 1.54) is 19.1 Å². The van der Waals surface area contributed by atoms with Crippen LogP contribution >= 0.6 is 0 Å². The molecule has 5 heteroatoms. The van der Waals surface area contributed by atoms with E-state index in [0.717, 1.165) is 5.41 Å². The lowest BCUT2D eigenvalue weighted by atomic mass is 10.4. The number of sulfone groups is 1. The second-order valence-corrected chi connectivity index (χ2v) is 5.18. The minimum atomic E-state index is -3.59. The molecule has 1 rings (SSSR count). The summed E-state index contributed by atoms with van der Waals surface area (Å²) in [5.41, 5.74) is 0.0655. The van der Waals surface area contributed by atoms with E-state index in [0.29, 0.717) is 0 Å². The number of esters is 1. The lowest BCUT2D eigenvalue weighted by molar-refractivity contribution is -0.138. The second-order valence-electron chi connectivity index (χ2n) is 3.38. The van der Waals surface area contributed by atoms with Crippen LogP contribution in [0.2, 0.25) is 0 Å². The second kappa shape index (κ2) is 5.63. The van der Waals surface area contributed by atoms with Crippen LogP contribution in [0.1, 0.15) is 13.8 Å². The molecule has 1 aromatic carbocycles. The molecular weight excluding hydrogens is 240 g/mol. The van der Waals surface area contributed by atoms with Crippen LogP contribution in [0.4, 0.5) is 0 Å². The van der Waals surface area contributed by atoms with Crippen LogP contribution in [0.5, 0.6) is 0 Å². The van der Waals surface area contributed by atoms with Crippen molar-refractivity contribution < 1.29 is 17.9 Å². The number of hydrogen-bond donors (Lipinski definition) is 0. The molecule has 0 aromatic heterocycles. The highest BCUT2D eigenvalue weighted by atomic mass is 32.2. The minimum Gasteiger partial charge on any atom is -0.463 e. The highest BCUT2D eigenvalue weighted by Crippen LogP contribution is 2.13. The molecule has 0 aliphatic heterocycles. The van der Waals surface area contributed by atoms with Gasteiger partial charge in [-0.25, -0.2) is 13.2 Å². The van der Waals surface area contributed by atoms with Gasteiger partial charge in [-0.05, 0) is 26.0 Å². The van der Waals surface area contributed by atoms with E-state index in [9.17, 15) is 13.2 Å². The Morgan fingerprint density at radius 3 is 2.41 bits per heavy atom. The molecule has 0 unspecified atom stereocenters. The molecule has 0 radical (unpaired) electrons. The third-order valence-corrected chi connectivity index (χ3v) is 3.59. The van der Waals surface area contributed by atoms with Crippen molar-refractivity contribution in [2.45, 2.75) is 18.7 Å². The fraction of sp³-hybridized carbons (Fsp3) is 0.250. The SMILES string of the molecule is CCOC(=O)C(C)=CS(=O)(=O)c1ccccc1. The van der Waals surface area contributed by atoms with E-state index >= 15 is 0 Å². The molecule has 0 bridgehead atoms. The zero-order chi connectivity index (χ0) is 12.9. The van der Waals surface area contributed by atoms with Crippen molar-refractivity contribution in [3.63, 3.8) is 0 Å². The summed E-state index contributed by atoms with van der Waals surface area (Å²) in [5, 5.41) is 0.931.